The summed E-state index contributed by atoms with van der Waals surface area (Å²) in [7, 11) is 1.60. The Bertz CT molecular complexity index is 1270. The van der Waals surface area contributed by atoms with E-state index in [1.807, 2.05) is 56.3 Å². The van der Waals surface area contributed by atoms with Crippen LogP contribution in [0.15, 0.2) is 59.4 Å². The summed E-state index contributed by atoms with van der Waals surface area (Å²) in [6, 6.07) is 17.3. The van der Waals surface area contributed by atoms with Gasteiger partial charge in [0.15, 0.2) is 5.69 Å². The van der Waals surface area contributed by atoms with E-state index in [4.69, 9.17) is 26.1 Å². The molecule has 3 aromatic rings. The van der Waals surface area contributed by atoms with Crippen LogP contribution >= 0.6 is 11.6 Å². The van der Waals surface area contributed by atoms with Gasteiger partial charge in [-0.1, -0.05) is 66.9 Å². The largest absolute Gasteiger partial charge is 0.481 e. The number of carbonyl (C=O) groups is 1. The number of carbonyl (C=O) groups excluding carboxylic acids is 1. The van der Waals surface area contributed by atoms with Gasteiger partial charge in [-0.15, -0.1) is 0 Å². The molecule has 0 radical (unpaired) electrons. The summed E-state index contributed by atoms with van der Waals surface area (Å²) >= 11 is 6.16. The average Bonchev–Trinajstić information content (AvgIpc) is 3.38. The van der Waals surface area contributed by atoms with Crippen LogP contribution in [0.2, 0.25) is 5.02 Å². The van der Waals surface area contributed by atoms with Crippen LogP contribution in [-0.2, 0) is 23.2 Å². The fourth-order valence-electron chi connectivity index (χ4n) is 5.26. The molecule has 0 atom stereocenters. The van der Waals surface area contributed by atoms with E-state index in [0.717, 1.165) is 31.2 Å². The first-order chi connectivity index (χ1) is 18.3. The minimum atomic E-state index is -0.450. The Balaban J connectivity index is 1.73. The van der Waals surface area contributed by atoms with E-state index in [1.165, 1.54) is 5.56 Å². The Morgan fingerprint density at radius 3 is 2.42 bits per heavy atom. The number of benzene rings is 2. The zero-order valence-electron chi connectivity index (χ0n) is 22.3. The fourth-order valence-corrected chi connectivity index (χ4v) is 5.39. The van der Waals surface area contributed by atoms with E-state index >= 15 is 0 Å². The smallest absolute Gasteiger partial charge is 0.294 e. The van der Waals surface area contributed by atoms with Crippen molar-refractivity contribution in [2.75, 3.05) is 20.3 Å². The maximum absolute atomic E-state index is 13.8. The Morgan fingerprint density at radius 1 is 1.11 bits per heavy atom. The molecule has 1 aromatic heterocycles. The first kappa shape index (κ1) is 27.9. The lowest BCUT2D eigenvalue weighted by molar-refractivity contribution is 0.0622. The second-order valence-electron chi connectivity index (χ2n) is 10.2. The molecule has 0 saturated heterocycles. The molecule has 38 heavy (non-hydrogen) atoms. The summed E-state index contributed by atoms with van der Waals surface area (Å²) in [5.41, 5.74) is 1.47. The molecule has 1 N–H and O–H groups in total. The van der Waals surface area contributed by atoms with Crippen LogP contribution in [0.1, 0.15) is 67.0 Å². The molecule has 1 aliphatic rings. The fraction of sp³-hybridized carbons (Fsp3) is 0.433. The summed E-state index contributed by atoms with van der Waals surface area (Å²) in [6.45, 7) is 4.77. The Hall–Kier alpha value is -3.16. The number of aromatic nitrogens is 2. The van der Waals surface area contributed by atoms with Crippen molar-refractivity contribution in [2.24, 2.45) is 0 Å². The van der Waals surface area contributed by atoms with Crippen LogP contribution < -0.4 is 10.3 Å². The van der Waals surface area contributed by atoms with Crippen molar-refractivity contribution in [2.45, 2.75) is 64.0 Å². The maximum Gasteiger partial charge on any atom is 0.294 e. The molecule has 0 aliphatic heterocycles. The molecular weight excluding hydrogens is 502 g/mol. The van der Waals surface area contributed by atoms with E-state index in [9.17, 15) is 9.59 Å². The van der Waals surface area contributed by atoms with Gasteiger partial charge in [-0.05, 0) is 49.9 Å². The number of rotatable bonds is 11. The van der Waals surface area contributed by atoms with Crippen LogP contribution in [0, 0.1) is 0 Å². The standard InChI is InChI=1S/C30H36ClN3O4/c1-21(2)34(17-18-37-3)29(36)26-27(38-20-22-9-5-4-6-10-22)28(35)33-25(32-26)19-30(15-7-8-16-30)23-11-13-24(31)14-12-23/h4-6,9-14,21H,7-8,15-20H2,1-3H3,(H,32,33,35). The number of nitrogens with zero attached hydrogens (tertiary/aromatic N) is 2. The molecule has 1 heterocycles. The third-order valence-electron chi connectivity index (χ3n) is 7.30. The van der Waals surface area contributed by atoms with Crippen LogP contribution in [-0.4, -0.2) is 47.1 Å². The molecular formula is C30H36ClN3O4. The van der Waals surface area contributed by atoms with Crippen molar-refractivity contribution < 1.29 is 14.3 Å². The summed E-state index contributed by atoms with van der Waals surface area (Å²) in [4.78, 5) is 36.6. The van der Waals surface area contributed by atoms with Crippen molar-refractivity contribution in [3.05, 3.63) is 92.6 Å². The van der Waals surface area contributed by atoms with Gasteiger partial charge < -0.3 is 19.4 Å². The highest BCUT2D eigenvalue weighted by molar-refractivity contribution is 6.30. The number of hydrogen-bond acceptors (Lipinski definition) is 5. The molecule has 0 bridgehead atoms. The molecule has 1 amide bonds. The number of H-pyrrole nitrogens is 1. The average molecular weight is 538 g/mol. The minimum Gasteiger partial charge on any atom is -0.481 e. The summed E-state index contributed by atoms with van der Waals surface area (Å²) < 4.78 is 11.2. The lowest BCUT2D eigenvalue weighted by atomic mass is 9.76. The number of aromatic amines is 1. The predicted octanol–water partition coefficient (Wildman–Crippen LogP) is 5.55. The van der Waals surface area contributed by atoms with E-state index in [1.54, 1.807) is 12.0 Å². The molecule has 1 saturated carbocycles. The topological polar surface area (TPSA) is 84.5 Å². The predicted molar refractivity (Wildman–Crippen MR) is 149 cm³/mol. The summed E-state index contributed by atoms with van der Waals surface area (Å²) in [5, 5.41) is 0.686. The van der Waals surface area contributed by atoms with Gasteiger partial charge in [0, 0.05) is 36.6 Å². The monoisotopic (exact) mass is 537 g/mol. The zero-order chi connectivity index (χ0) is 27.1. The summed E-state index contributed by atoms with van der Waals surface area (Å²) in [6.07, 6.45) is 4.65. The molecule has 7 nitrogen and oxygen atoms in total. The number of methoxy groups -OCH3 is 1. The van der Waals surface area contributed by atoms with Gasteiger partial charge in [0.2, 0.25) is 5.75 Å². The highest BCUT2D eigenvalue weighted by Crippen LogP contribution is 2.43. The highest BCUT2D eigenvalue weighted by atomic mass is 35.5. The van der Waals surface area contributed by atoms with Crippen molar-refractivity contribution >= 4 is 17.5 Å². The Kier molecular flexibility index (Phi) is 9.23. The first-order valence-electron chi connectivity index (χ1n) is 13.2. The first-order valence-corrected chi connectivity index (χ1v) is 13.6. The SMILES string of the molecule is COCCN(C(=O)c1nc(CC2(c3ccc(Cl)cc3)CCCC2)[nH]c(=O)c1OCc1ccccc1)C(C)C. The number of halogens is 1. The van der Waals surface area contributed by atoms with Crippen molar-refractivity contribution in [3.8, 4) is 5.75 Å². The van der Waals surface area contributed by atoms with Crippen LogP contribution in [0.25, 0.3) is 0 Å². The van der Waals surface area contributed by atoms with Crippen LogP contribution in [0.4, 0.5) is 0 Å². The van der Waals surface area contributed by atoms with E-state index in [2.05, 4.69) is 17.1 Å². The number of nitrogens with one attached hydrogen (secondary N) is 1. The normalized spacial score (nSPS) is 14.6. The van der Waals surface area contributed by atoms with Crippen molar-refractivity contribution in [3.63, 3.8) is 0 Å². The lowest BCUT2D eigenvalue weighted by Crippen LogP contribution is -2.41. The van der Waals surface area contributed by atoms with Gasteiger partial charge >= 0.3 is 0 Å². The third kappa shape index (κ3) is 6.45. The zero-order valence-corrected chi connectivity index (χ0v) is 23.1. The maximum atomic E-state index is 13.8. The Labute approximate surface area is 229 Å². The summed E-state index contributed by atoms with van der Waals surface area (Å²) in [5.74, 6) is 0.0785. The molecule has 1 fully saturated rings. The molecule has 4 rings (SSSR count). The second-order valence-corrected chi connectivity index (χ2v) is 10.7. The van der Waals surface area contributed by atoms with Gasteiger partial charge in [0.25, 0.3) is 11.5 Å². The van der Waals surface area contributed by atoms with Crippen molar-refractivity contribution in [1.29, 1.82) is 0 Å². The molecule has 8 heteroatoms. The van der Waals surface area contributed by atoms with Gasteiger partial charge in [-0.3, -0.25) is 9.59 Å². The van der Waals surface area contributed by atoms with Gasteiger partial charge in [0.1, 0.15) is 12.4 Å². The number of amides is 1. The number of ether oxygens (including phenoxy) is 2. The van der Waals surface area contributed by atoms with Crippen LogP contribution in [0.5, 0.6) is 5.75 Å². The van der Waals surface area contributed by atoms with E-state index in [0.29, 0.717) is 30.4 Å². The second kappa shape index (κ2) is 12.6. The third-order valence-corrected chi connectivity index (χ3v) is 7.55. The molecule has 0 spiro atoms. The lowest BCUT2D eigenvalue weighted by Gasteiger charge is -2.30. The molecule has 2 aromatic carbocycles. The molecule has 1 aliphatic carbocycles. The minimum absolute atomic E-state index is 0.0359. The van der Waals surface area contributed by atoms with Crippen molar-refractivity contribution in [1.82, 2.24) is 14.9 Å². The van der Waals surface area contributed by atoms with Gasteiger partial charge in [-0.2, -0.15) is 0 Å². The van der Waals surface area contributed by atoms with Gasteiger partial charge in [0.05, 0.1) is 6.61 Å². The Morgan fingerprint density at radius 2 is 1.79 bits per heavy atom. The molecule has 0 unspecified atom stereocenters. The van der Waals surface area contributed by atoms with Crippen LogP contribution in [0.3, 0.4) is 0 Å². The number of hydrogen-bond donors (Lipinski definition) is 1. The molecule has 202 valence electrons. The van der Waals surface area contributed by atoms with E-state index < -0.39 is 5.56 Å². The van der Waals surface area contributed by atoms with Gasteiger partial charge in [-0.25, -0.2) is 4.98 Å². The van der Waals surface area contributed by atoms with E-state index in [-0.39, 0.29) is 35.4 Å². The quantitative estimate of drug-likeness (QED) is 0.346. The highest BCUT2D eigenvalue weighted by Gasteiger charge is 2.37.